The SMILES string of the molecule is CCCN(CCC)c1nc(C(C)C)nc2ccccc12. The molecule has 0 aliphatic carbocycles. The highest BCUT2D eigenvalue weighted by Crippen LogP contribution is 2.26. The smallest absolute Gasteiger partial charge is 0.140 e. The molecular formula is C17H25N3. The van der Waals surface area contributed by atoms with E-state index in [4.69, 9.17) is 9.97 Å². The van der Waals surface area contributed by atoms with Crippen LogP contribution in [0.15, 0.2) is 24.3 Å². The second kappa shape index (κ2) is 6.69. The molecular weight excluding hydrogens is 246 g/mol. The van der Waals surface area contributed by atoms with Gasteiger partial charge < -0.3 is 4.90 Å². The molecule has 0 spiro atoms. The summed E-state index contributed by atoms with van der Waals surface area (Å²) in [5.74, 6) is 2.39. The largest absolute Gasteiger partial charge is 0.356 e. The van der Waals surface area contributed by atoms with Gasteiger partial charge in [-0.15, -0.1) is 0 Å². The Kier molecular flexibility index (Phi) is 4.94. The van der Waals surface area contributed by atoms with Gasteiger partial charge in [0.25, 0.3) is 0 Å². The Morgan fingerprint density at radius 1 is 1.00 bits per heavy atom. The van der Waals surface area contributed by atoms with Crippen LogP contribution < -0.4 is 4.90 Å². The van der Waals surface area contributed by atoms with Crippen LogP contribution in [0.4, 0.5) is 5.82 Å². The normalized spacial score (nSPS) is 11.2. The number of rotatable bonds is 6. The fourth-order valence-electron chi connectivity index (χ4n) is 2.44. The van der Waals surface area contributed by atoms with Crippen molar-refractivity contribution in [3.8, 4) is 0 Å². The Bertz CT molecular complexity index is 557. The van der Waals surface area contributed by atoms with E-state index in [1.807, 2.05) is 6.07 Å². The summed E-state index contributed by atoms with van der Waals surface area (Å²) in [5.41, 5.74) is 1.05. The molecule has 0 atom stereocenters. The Balaban J connectivity index is 2.58. The first-order valence-electron chi connectivity index (χ1n) is 7.69. The van der Waals surface area contributed by atoms with Crippen LogP contribution in [0.5, 0.6) is 0 Å². The Morgan fingerprint density at radius 2 is 1.65 bits per heavy atom. The monoisotopic (exact) mass is 271 g/mol. The molecule has 0 saturated carbocycles. The number of anilines is 1. The summed E-state index contributed by atoms with van der Waals surface area (Å²) in [5, 5.41) is 1.17. The average Bonchev–Trinajstić information content (AvgIpc) is 2.46. The molecule has 0 aliphatic rings. The highest BCUT2D eigenvalue weighted by atomic mass is 15.2. The third-order valence-electron chi connectivity index (χ3n) is 3.40. The molecule has 0 bridgehead atoms. The van der Waals surface area contributed by atoms with Gasteiger partial charge in [0.2, 0.25) is 0 Å². The fraction of sp³-hybridized carbons (Fsp3) is 0.529. The van der Waals surface area contributed by atoms with E-state index in [0.717, 1.165) is 43.1 Å². The molecule has 108 valence electrons. The van der Waals surface area contributed by atoms with Crippen molar-refractivity contribution in [3.05, 3.63) is 30.1 Å². The van der Waals surface area contributed by atoms with E-state index >= 15 is 0 Å². The molecule has 1 aromatic heterocycles. The van der Waals surface area contributed by atoms with Gasteiger partial charge in [-0.2, -0.15) is 0 Å². The van der Waals surface area contributed by atoms with E-state index in [2.05, 4.69) is 50.8 Å². The maximum absolute atomic E-state index is 4.85. The van der Waals surface area contributed by atoms with Gasteiger partial charge in [0.1, 0.15) is 11.6 Å². The van der Waals surface area contributed by atoms with Crippen molar-refractivity contribution >= 4 is 16.7 Å². The minimum Gasteiger partial charge on any atom is -0.356 e. The zero-order valence-electron chi connectivity index (χ0n) is 13.1. The van der Waals surface area contributed by atoms with Gasteiger partial charge in [-0.1, -0.05) is 39.8 Å². The lowest BCUT2D eigenvalue weighted by molar-refractivity contribution is 0.720. The van der Waals surface area contributed by atoms with Gasteiger partial charge in [0, 0.05) is 24.4 Å². The van der Waals surface area contributed by atoms with E-state index in [1.54, 1.807) is 0 Å². The standard InChI is InChI=1S/C17H25N3/c1-5-11-20(12-6-2)17-14-9-7-8-10-15(14)18-16(19-17)13(3)4/h7-10,13H,5-6,11-12H2,1-4H3. The van der Waals surface area contributed by atoms with Crippen LogP contribution in [0.3, 0.4) is 0 Å². The summed E-state index contributed by atoms with van der Waals surface area (Å²) in [6.45, 7) is 10.8. The van der Waals surface area contributed by atoms with Crippen molar-refractivity contribution < 1.29 is 0 Å². The lowest BCUT2D eigenvalue weighted by Gasteiger charge is -2.24. The van der Waals surface area contributed by atoms with Crippen molar-refractivity contribution in [2.75, 3.05) is 18.0 Å². The molecule has 0 aliphatic heterocycles. The first-order valence-corrected chi connectivity index (χ1v) is 7.69. The van der Waals surface area contributed by atoms with E-state index in [-0.39, 0.29) is 0 Å². The number of aromatic nitrogens is 2. The molecule has 20 heavy (non-hydrogen) atoms. The quantitative estimate of drug-likeness (QED) is 0.780. The molecule has 2 aromatic rings. The molecule has 0 fully saturated rings. The minimum atomic E-state index is 0.350. The van der Waals surface area contributed by atoms with Gasteiger partial charge in [-0.25, -0.2) is 9.97 Å². The Labute approximate surface area is 122 Å². The van der Waals surface area contributed by atoms with Crippen LogP contribution in [-0.4, -0.2) is 23.1 Å². The lowest BCUT2D eigenvalue weighted by Crippen LogP contribution is -2.26. The zero-order valence-corrected chi connectivity index (χ0v) is 13.1. The van der Waals surface area contributed by atoms with Gasteiger partial charge in [0.15, 0.2) is 0 Å². The average molecular weight is 271 g/mol. The molecule has 1 aromatic carbocycles. The Morgan fingerprint density at radius 3 is 2.25 bits per heavy atom. The maximum atomic E-state index is 4.85. The molecule has 0 unspecified atom stereocenters. The topological polar surface area (TPSA) is 29.0 Å². The molecule has 3 nitrogen and oxygen atoms in total. The van der Waals surface area contributed by atoms with Crippen molar-refractivity contribution in [3.63, 3.8) is 0 Å². The lowest BCUT2D eigenvalue weighted by atomic mass is 10.1. The number of fused-ring (bicyclic) bond motifs is 1. The summed E-state index contributed by atoms with van der Waals surface area (Å²) in [6.07, 6.45) is 2.27. The second-order valence-corrected chi connectivity index (χ2v) is 5.56. The van der Waals surface area contributed by atoms with E-state index in [1.165, 1.54) is 5.39 Å². The number of para-hydroxylation sites is 1. The number of hydrogen-bond donors (Lipinski definition) is 0. The van der Waals surface area contributed by atoms with Gasteiger partial charge >= 0.3 is 0 Å². The first kappa shape index (κ1) is 14.8. The third-order valence-corrected chi connectivity index (χ3v) is 3.40. The van der Waals surface area contributed by atoms with Crippen molar-refractivity contribution in [2.24, 2.45) is 0 Å². The van der Waals surface area contributed by atoms with Crippen LogP contribution in [0, 0.1) is 0 Å². The summed E-state index contributed by atoms with van der Waals surface area (Å²) in [6, 6.07) is 8.34. The molecule has 0 radical (unpaired) electrons. The van der Waals surface area contributed by atoms with Crippen molar-refractivity contribution in [1.29, 1.82) is 0 Å². The molecule has 3 heteroatoms. The van der Waals surface area contributed by atoms with Gasteiger partial charge in [-0.05, 0) is 25.0 Å². The predicted molar refractivity (Wildman–Crippen MR) is 86.4 cm³/mol. The minimum absolute atomic E-state index is 0.350. The van der Waals surface area contributed by atoms with Crippen LogP contribution >= 0.6 is 0 Å². The van der Waals surface area contributed by atoms with E-state index in [0.29, 0.717) is 5.92 Å². The van der Waals surface area contributed by atoms with E-state index in [9.17, 15) is 0 Å². The molecule has 2 rings (SSSR count). The molecule has 0 saturated heterocycles. The first-order chi connectivity index (χ1) is 9.67. The molecule has 1 heterocycles. The predicted octanol–water partition coefficient (Wildman–Crippen LogP) is 4.38. The summed E-state index contributed by atoms with van der Waals surface area (Å²) in [7, 11) is 0. The van der Waals surface area contributed by atoms with Gasteiger partial charge in [0.05, 0.1) is 5.52 Å². The highest BCUT2D eigenvalue weighted by molar-refractivity contribution is 5.89. The fourth-order valence-corrected chi connectivity index (χ4v) is 2.44. The summed E-state index contributed by atoms with van der Waals surface area (Å²) in [4.78, 5) is 12.0. The highest BCUT2D eigenvalue weighted by Gasteiger charge is 2.14. The summed E-state index contributed by atoms with van der Waals surface area (Å²) < 4.78 is 0. The zero-order chi connectivity index (χ0) is 14.5. The van der Waals surface area contributed by atoms with Crippen LogP contribution in [0.1, 0.15) is 52.3 Å². The number of benzene rings is 1. The van der Waals surface area contributed by atoms with Gasteiger partial charge in [-0.3, -0.25) is 0 Å². The van der Waals surface area contributed by atoms with Crippen molar-refractivity contribution in [1.82, 2.24) is 9.97 Å². The number of hydrogen-bond acceptors (Lipinski definition) is 3. The molecule has 0 N–H and O–H groups in total. The van der Waals surface area contributed by atoms with Crippen LogP contribution in [0.25, 0.3) is 10.9 Å². The Hall–Kier alpha value is -1.64. The summed E-state index contributed by atoms with van der Waals surface area (Å²) >= 11 is 0. The second-order valence-electron chi connectivity index (χ2n) is 5.56. The number of nitrogens with zero attached hydrogens (tertiary/aromatic N) is 3. The maximum Gasteiger partial charge on any atom is 0.140 e. The third kappa shape index (κ3) is 3.09. The molecule has 0 amide bonds. The van der Waals surface area contributed by atoms with E-state index < -0.39 is 0 Å². The van der Waals surface area contributed by atoms with Crippen molar-refractivity contribution in [2.45, 2.75) is 46.5 Å². The van der Waals surface area contributed by atoms with Crippen LogP contribution in [-0.2, 0) is 0 Å². The van der Waals surface area contributed by atoms with Crippen LogP contribution in [0.2, 0.25) is 0 Å².